The monoisotopic (exact) mass is 213 g/mol. The van der Waals surface area contributed by atoms with E-state index in [0.717, 1.165) is 16.5 Å². The average Bonchev–Trinajstić information content (AvgIpc) is 2.62. The Morgan fingerprint density at radius 2 is 2.46 bits per heavy atom. The van der Waals surface area contributed by atoms with Crippen molar-refractivity contribution >= 4 is 23.6 Å². The lowest BCUT2D eigenvalue weighted by Crippen LogP contribution is -1.89. The van der Waals surface area contributed by atoms with Crippen LogP contribution in [0.3, 0.4) is 0 Å². The van der Waals surface area contributed by atoms with Gasteiger partial charge in [0, 0.05) is 11.1 Å². The first kappa shape index (κ1) is 8.58. The van der Waals surface area contributed by atoms with Crippen molar-refractivity contribution in [3.05, 3.63) is 26.7 Å². The third-order valence-electron chi connectivity index (χ3n) is 1.47. The van der Waals surface area contributed by atoms with Gasteiger partial charge >= 0.3 is 4.84 Å². The Morgan fingerprint density at radius 3 is 3.00 bits per heavy atom. The number of nitrogens with one attached hydrogen (secondary N) is 1. The van der Waals surface area contributed by atoms with Crippen LogP contribution in [0.5, 0.6) is 0 Å². The number of thiazole rings is 1. The van der Waals surface area contributed by atoms with Crippen molar-refractivity contribution in [2.24, 2.45) is 0 Å². The topological polar surface area (TPSA) is 54.7 Å². The fraction of sp³-hybridized carbons (Fsp3) is 0.286. The van der Waals surface area contributed by atoms with Gasteiger partial charge in [-0.05, 0) is 19.1 Å². The molecule has 0 bridgehead atoms. The number of rotatable bonds is 2. The van der Waals surface area contributed by atoms with Crippen LogP contribution in [0.15, 0.2) is 9.90 Å². The number of aromatic amines is 1. The van der Waals surface area contributed by atoms with Crippen LogP contribution in [0.25, 0.3) is 0 Å². The maximum absolute atomic E-state index is 4.80. The Balaban J connectivity index is 2.19. The number of H-pyrrole nitrogens is 1. The lowest BCUT2D eigenvalue weighted by Gasteiger charge is -1.87. The van der Waals surface area contributed by atoms with E-state index < -0.39 is 0 Å². The van der Waals surface area contributed by atoms with Crippen molar-refractivity contribution in [2.75, 3.05) is 0 Å². The first-order valence-corrected chi connectivity index (χ1v) is 4.98. The molecular formula is C7H7N3OS2. The van der Waals surface area contributed by atoms with Crippen LogP contribution in [0.4, 0.5) is 0 Å². The van der Waals surface area contributed by atoms with Gasteiger partial charge in [-0.1, -0.05) is 0 Å². The van der Waals surface area contributed by atoms with Crippen LogP contribution >= 0.6 is 23.6 Å². The minimum absolute atomic E-state index is 0.239. The van der Waals surface area contributed by atoms with Crippen LogP contribution in [-0.4, -0.2) is 15.1 Å². The van der Waals surface area contributed by atoms with E-state index in [1.165, 1.54) is 0 Å². The normalized spacial score (nSPS) is 10.5. The summed E-state index contributed by atoms with van der Waals surface area (Å²) in [7, 11) is 0. The highest BCUT2D eigenvalue weighted by molar-refractivity contribution is 7.71. The minimum atomic E-state index is 0.239. The van der Waals surface area contributed by atoms with Crippen molar-refractivity contribution in [3.63, 3.8) is 0 Å². The van der Waals surface area contributed by atoms with E-state index in [4.69, 9.17) is 16.7 Å². The lowest BCUT2D eigenvalue weighted by atomic mass is 10.4. The summed E-state index contributed by atoms with van der Waals surface area (Å²) in [6.07, 6.45) is 0.651. The molecule has 0 aliphatic carbocycles. The molecule has 0 aliphatic heterocycles. The molecule has 2 heterocycles. The fourth-order valence-corrected chi connectivity index (χ4v) is 1.89. The summed E-state index contributed by atoms with van der Waals surface area (Å²) in [5, 5.41) is 5.65. The molecule has 0 fully saturated rings. The molecule has 1 N–H and O–H groups in total. The second kappa shape index (κ2) is 3.39. The molecule has 0 spiro atoms. The van der Waals surface area contributed by atoms with E-state index >= 15 is 0 Å². The van der Waals surface area contributed by atoms with Gasteiger partial charge in [-0.3, -0.25) is 0 Å². The van der Waals surface area contributed by atoms with E-state index in [2.05, 4.69) is 15.1 Å². The summed E-state index contributed by atoms with van der Waals surface area (Å²) in [4.78, 5) is 8.51. The number of hydrogen-bond acceptors (Lipinski definition) is 5. The molecular weight excluding hydrogens is 206 g/mol. The Hall–Kier alpha value is -1.01. The zero-order valence-corrected chi connectivity index (χ0v) is 8.54. The quantitative estimate of drug-likeness (QED) is 0.776. The zero-order valence-electron chi connectivity index (χ0n) is 6.90. The van der Waals surface area contributed by atoms with Gasteiger partial charge in [-0.15, -0.1) is 11.3 Å². The highest BCUT2D eigenvalue weighted by Gasteiger charge is 2.03. The third kappa shape index (κ3) is 2.02. The maximum Gasteiger partial charge on any atom is 0.314 e. The molecule has 0 aromatic carbocycles. The molecule has 0 atom stereocenters. The second-order valence-corrected chi connectivity index (χ2v) is 3.88. The Morgan fingerprint density at radius 1 is 1.62 bits per heavy atom. The Labute approximate surface area is 83.6 Å². The molecule has 13 heavy (non-hydrogen) atoms. The van der Waals surface area contributed by atoms with Gasteiger partial charge in [0.25, 0.3) is 0 Å². The van der Waals surface area contributed by atoms with Crippen LogP contribution in [0.2, 0.25) is 0 Å². The molecule has 6 heteroatoms. The molecule has 2 aromatic heterocycles. The molecule has 0 amide bonds. The van der Waals surface area contributed by atoms with Crippen LogP contribution < -0.4 is 0 Å². The SMILES string of the molecule is Cc1csc(Cc2nc(=S)o[nH]2)n1. The molecule has 0 radical (unpaired) electrons. The molecule has 0 saturated carbocycles. The summed E-state index contributed by atoms with van der Waals surface area (Å²) in [6, 6.07) is 0. The third-order valence-corrected chi connectivity index (χ3v) is 2.61. The first-order valence-electron chi connectivity index (χ1n) is 3.69. The summed E-state index contributed by atoms with van der Waals surface area (Å²) in [5.41, 5.74) is 1.03. The number of aromatic nitrogens is 3. The Kier molecular flexibility index (Phi) is 2.24. The fourth-order valence-electron chi connectivity index (χ4n) is 0.961. The summed E-state index contributed by atoms with van der Waals surface area (Å²) >= 11 is 6.34. The molecule has 2 rings (SSSR count). The zero-order chi connectivity index (χ0) is 9.26. The summed E-state index contributed by atoms with van der Waals surface area (Å²) in [5.74, 6) is 0.722. The van der Waals surface area contributed by atoms with Crippen molar-refractivity contribution in [1.29, 1.82) is 0 Å². The molecule has 4 nitrogen and oxygen atoms in total. The van der Waals surface area contributed by atoms with Crippen molar-refractivity contribution in [1.82, 2.24) is 15.1 Å². The van der Waals surface area contributed by atoms with Gasteiger partial charge in [-0.2, -0.15) is 4.98 Å². The van der Waals surface area contributed by atoms with Crippen LogP contribution in [0.1, 0.15) is 16.5 Å². The van der Waals surface area contributed by atoms with Gasteiger partial charge in [0.05, 0.1) is 6.42 Å². The van der Waals surface area contributed by atoms with Crippen molar-refractivity contribution in [2.45, 2.75) is 13.3 Å². The van der Waals surface area contributed by atoms with E-state index in [0.29, 0.717) is 6.42 Å². The summed E-state index contributed by atoms with van der Waals surface area (Å²) in [6.45, 7) is 1.96. The molecule has 2 aromatic rings. The van der Waals surface area contributed by atoms with Gasteiger partial charge < -0.3 is 4.52 Å². The van der Waals surface area contributed by atoms with Crippen molar-refractivity contribution in [3.8, 4) is 0 Å². The van der Waals surface area contributed by atoms with Gasteiger partial charge in [0.1, 0.15) is 10.8 Å². The van der Waals surface area contributed by atoms with Crippen LogP contribution in [0, 0.1) is 11.8 Å². The molecule has 0 aliphatic rings. The standard InChI is InChI=1S/C7H7N3OS2/c1-4-3-13-6(8-4)2-5-9-7(12)11-10-5/h3H,2H2,1H3,(H,9,10,12). The van der Waals surface area contributed by atoms with Gasteiger partial charge in [0.2, 0.25) is 0 Å². The predicted molar refractivity (Wildman–Crippen MR) is 51.3 cm³/mol. The van der Waals surface area contributed by atoms with E-state index in [9.17, 15) is 0 Å². The molecule has 0 unspecified atom stereocenters. The van der Waals surface area contributed by atoms with Crippen LogP contribution in [-0.2, 0) is 6.42 Å². The number of hydrogen-bond donors (Lipinski definition) is 1. The largest absolute Gasteiger partial charge is 0.348 e. The number of aryl methyl sites for hydroxylation is 1. The number of nitrogens with zero attached hydrogens (tertiary/aromatic N) is 2. The minimum Gasteiger partial charge on any atom is -0.348 e. The van der Waals surface area contributed by atoms with E-state index in [1.54, 1.807) is 11.3 Å². The Bertz CT molecular complexity index is 456. The first-order chi connectivity index (χ1) is 6.24. The maximum atomic E-state index is 4.80. The van der Waals surface area contributed by atoms with Crippen molar-refractivity contribution < 1.29 is 4.52 Å². The van der Waals surface area contributed by atoms with E-state index in [1.807, 2.05) is 12.3 Å². The predicted octanol–water partition coefficient (Wildman–Crippen LogP) is 2.09. The smallest absolute Gasteiger partial charge is 0.314 e. The highest BCUT2D eigenvalue weighted by atomic mass is 32.1. The summed E-state index contributed by atoms with van der Waals surface area (Å²) < 4.78 is 4.80. The average molecular weight is 213 g/mol. The molecule has 0 saturated heterocycles. The van der Waals surface area contributed by atoms with Gasteiger partial charge in [0.15, 0.2) is 0 Å². The lowest BCUT2D eigenvalue weighted by molar-refractivity contribution is 0.399. The molecule has 68 valence electrons. The van der Waals surface area contributed by atoms with E-state index in [-0.39, 0.29) is 4.84 Å². The van der Waals surface area contributed by atoms with Gasteiger partial charge in [-0.25, -0.2) is 10.1 Å². The highest BCUT2D eigenvalue weighted by Crippen LogP contribution is 2.11. The second-order valence-electron chi connectivity index (χ2n) is 2.59.